The maximum Gasteiger partial charge on any atom is 0.258 e. The number of amides is 1. The van der Waals surface area contributed by atoms with Gasteiger partial charge in [-0.1, -0.05) is 29.3 Å². The van der Waals surface area contributed by atoms with Crippen LogP contribution in [0.15, 0.2) is 53.8 Å². The number of pyridine rings is 1. The van der Waals surface area contributed by atoms with E-state index in [0.29, 0.717) is 5.69 Å². The van der Waals surface area contributed by atoms with E-state index in [-0.39, 0.29) is 11.7 Å². The summed E-state index contributed by atoms with van der Waals surface area (Å²) in [5.74, 6) is -0.698. The minimum atomic E-state index is -0.579. The van der Waals surface area contributed by atoms with Crippen molar-refractivity contribution in [1.29, 1.82) is 0 Å². The third-order valence-corrected chi connectivity index (χ3v) is 4.39. The molecule has 0 saturated heterocycles. The highest BCUT2D eigenvalue weighted by molar-refractivity contribution is 6.04. The Morgan fingerprint density at radius 1 is 1.27 bits per heavy atom. The van der Waals surface area contributed by atoms with E-state index in [0.717, 1.165) is 29.5 Å². The molecule has 134 valence electrons. The fraction of sp³-hybridized carbons (Fsp3) is 0.250. The van der Waals surface area contributed by atoms with Crippen molar-refractivity contribution < 1.29 is 9.18 Å². The molecule has 3 N–H and O–H groups in total. The minimum Gasteiger partial charge on any atom is -0.384 e. The van der Waals surface area contributed by atoms with Gasteiger partial charge in [-0.25, -0.2) is 4.98 Å². The number of halogens is 1. The van der Waals surface area contributed by atoms with Crippen LogP contribution in [0.4, 0.5) is 10.1 Å². The largest absolute Gasteiger partial charge is 0.384 e. The fourth-order valence-corrected chi connectivity index (χ4v) is 2.98. The molecule has 3 rings (SSSR count). The number of nitrogens with two attached hydrogens (primary N) is 1. The van der Waals surface area contributed by atoms with Crippen LogP contribution >= 0.6 is 0 Å². The summed E-state index contributed by atoms with van der Waals surface area (Å²) in [5, 5.41) is 2.86. The van der Waals surface area contributed by atoms with E-state index in [4.69, 9.17) is 5.73 Å². The second kappa shape index (κ2) is 7.07. The number of aromatic nitrogens is 1. The number of rotatable bonds is 5. The first-order chi connectivity index (χ1) is 12.4. The zero-order valence-electron chi connectivity index (χ0n) is 14.8. The van der Waals surface area contributed by atoms with Gasteiger partial charge in [0.1, 0.15) is 5.84 Å². The number of nitrogens with zero attached hydrogens (tertiary/aromatic N) is 2. The van der Waals surface area contributed by atoms with Gasteiger partial charge in [0.2, 0.25) is 5.95 Å². The average Bonchev–Trinajstić information content (AvgIpc) is 3.36. The van der Waals surface area contributed by atoms with Gasteiger partial charge in [0.25, 0.3) is 5.91 Å². The predicted octanol–water partition coefficient (Wildman–Crippen LogP) is 3.38. The lowest BCUT2D eigenvalue weighted by atomic mass is 9.92. The van der Waals surface area contributed by atoms with Crippen molar-refractivity contribution >= 4 is 17.4 Å². The molecule has 0 spiro atoms. The Morgan fingerprint density at radius 3 is 2.58 bits per heavy atom. The van der Waals surface area contributed by atoms with Crippen LogP contribution in [0.5, 0.6) is 0 Å². The SMILES string of the molecule is Cc1cc(C)cc(C2(C(=O)N=C(N)/C=C\Nc3ccnc(F)c3)CC2)c1. The summed E-state index contributed by atoms with van der Waals surface area (Å²) in [4.78, 5) is 20.2. The van der Waals surface area contributed by atoms with Crippen LogP contribution in [0.25, 0.3) is 0 Å². The molecule has 1 fully saturated rings. The molecular formula is C20H21FN4O. The van der Waals surface area contributed by atoms with Crippen molar-refractivity contribution in [2.45, 2.75) is 32.1 Å². The highest BCUT2D eigenvalue weighted by atomic mass is 19.1. The third kappa shape index (κ3) is 3.96. The van der Waals surface area contributed by atoms with Crippen molar-refractivity contribution in [1.82, 2.24) is 4.98 Å². The van der Waals surface area contributed by atoms with E-state index >= 15 is 0 Å². The zero-order valence-corrected chi connectivity index (χ0v) is 14.8. The first kappa shape index (κ1) is 17.8. The summed E-state index contributed by atoms with van der Waals surface area (Å²) in [6, 6.07) is 9.03. The molecule has 0 bridgehead atoms. The number of carbonyl (C=O) groups excluding carboxylic acids is 1. The molecule has 0 radical (unpaired) electrons. The molecule has 1 heterocycles. The Bertz CT molecular complexity index is 880. The highest BCUT2D eigenvalue weighted by Gasteiger charge is 2.51. The van der Waals surface area contributed by atoms with Gasteiger partial charge in [-0.2, -0.15) is 9.38 Å². The van der Waals surface area contributed by atoms with Crippen molar-refractivity contribution in [3.05, 3.63) is 71.4 Å². The van der Waals surface area contributed by atoms with Gasteiger partial charge in [-0.15, -0.1) is 0 Å². The minimum absolute atomic E-state index is 0.104. The Balaban J connectivity index is 1.70. The van der Waals surface area contributed by atoms with Crippen molar-refractivity contribution in [2.24, 2.45) is 10.7 Å². The van der Waals surface area contributed by atoms with Crippen LogP contribution in [-0.4, -0.2) is 16.7 Å². The molecule has 6 heteroatoms. The summed E-state index contributed by atoms with van der Waals surface area (Å²) < 4.78 is 13.0. The van der Waals surface area contributed by atoms with E-state index in [1.54, 1.807) is 6.07 Å². The van der Waals surface area contributed by atoms with Gasteiger partial charge >= 0.3 is 0 Å². The zero-order chi connectivity index (χ0) is 18.7. The molecule has 2 aromatic rings. The lowest BCUT2D eigenvalue weighted by Gasteiger charge is -2.13. The molecule has 0 unspecified atom stereocenters. The molecule has 0 atom stereocenters. The summed E-state index contributed by atoms with van der Waals surface area (Å²) in [5.41, 5.74) is 9.10. The summed E-state index contributed by atoms with van der Waals surface area (Å²) in [6.07, 6.45) is 5.91. The number of benzene rings is 1. The second-order valence-electron chi connectivity index (χ2n) is 6.65. The maximum atomic E-state index is 13.0. The quantitative estimate of drug-likeness (QED) is 0.491. The van der Waals surface area contributed by atoms with Crippen molar-refractivity contribution in [3.63, 3.8) is 0 Å². The standard InChI is InChI=1S/C20H21FN4O/c1-13-9-14(2)11-15(10-13)20(5-6-20)19(26)25-18(22)4-8-23-16-3-7-24-17(21)12-16/h3-4,7-12H,5-6H2,1-2H3,(H,23,24)(H2,22,25,26)/b8-4-. The maximum absolute atomic E-state index is 13.0. The smallest absolute Gasteiger partial charge is 0.258 e. The molecule has 1 aliphatic rings. The fourth-order valence-electron chi connectivity index (χ4n) is 2.98. The van der Waals surface area contributed by atoms with Gasteiger partial charge in [-0.3, -0.25) is 4.79 Å². The molecule has 0 aliphatic heterocycles. The highest BCUT2D eigenvalue weighted by Crippen LogP contribution is 2.49. The summed E-state index contributed by atoms with van der Waals surface area (Å²) in [7, 11) is 0. The molecule has 1 aromatic heterocycles. The Morgan fingerprint density at radius 2 is 1.96 bits per heavy atom. The van der Waals surface area contributed by atoms with Gasteiger partial charge in [-0.05, 0) is 44.4 Å². The van der Waals surface area contributed by atoms with Gasteiger partial charge < -0.3 is 11.1 Å². The van der Waals surface area contributed by atoms with Gasteiger partial charge in [0, 0.05) is 24.2 Å². The Kier molecular flexibility index (Phi) is 4.84. The first-order valence-electron chi connectivity index (χ1n) is 8.41. The van der Waals surface area contributed by atoms with Crippen LogP contribution in [0, 0.1) is 19.8 Å². The average molecular weight is 352 g/mol. The predicted molar refractivity (Wildman–Crippen MR) is 100 cm³/mol. The molecule has 1 amide bonds. The molecular weight excluding hydrogens is 331 g/mol. The van der Waals surface area contributed by atoms with Crippen LogP contribution in [0.3, 0.4) is 0 Å². The normalized spacial score (nSPS) is 15.9. The molecule has 26 heavy (non-hydrogen) atoms. The van der Waals surface area contributed by atoms with E-state index in [2.05, 4.69) is 21.4 Å². The lowest BCUT2D eigenvalue weighted by molar-refractivity contribution is -0.120. The molecule has 1 aliphatic carbocycles. The molecule has 1 aromatic carbocycles. The van der Waals surface area contributed by atoms with E-state index < -0.39 is 11.4 Å². The monoisotopic (exact) mass is 352 g/mol. The topological polar surface area (TPSA) is 80.4 Å². The van der Waals surface area contributed by atoms with Gasteiger partial charge in [0.05, 0.1) is 5.41 Å². The number of nitrogens with one attached hydrogen (secondary N) is 1. The Hall–Kier alpha value is -3.02. The molecule has 1 saturated carbocycles. The van der Waals surface area contributed by atoms with Crippen LogP contribution in [0.1, 0.15) is 29.5 Å². The lowest BCUT2D eigenvalue weighted by Crippen LogP contribution is -2.22. The Labute approximate surface area is 151 Å². The van der Waals surface area contributed by atoms with Crippen LogP contribution in [0.2, 0.25) is 0 Å². The van der Waals surface area contributed by atoms with Crippen LogP contribution < -0.4 is 11.1 Å². The number of carbonyl (C=O) groups is 1. The number of hydrogen-bond acceptors (Lipinski definition) is 3. The molecule has 5 nitrogen and oxygen atoms in total. The van der Waals surface area contributed by atoms with E-state index in [9.17, 15) is 9.18 Å². The second-order valence-corrected chi connectivity index (χ2v) is 6.65. The van der Waals surface area contributed by atoms with Crippen LogP contribution in [-0.2, 0) is 10.2 Å². The summed E-state index contributed by atoms with van der Waals surface area (Å²) >= 11 is 0. The third-order valence-electron chi connectivity index (χ3n) is 4.39. The number of aryl methyl sites for hydroxylation is 2. The van der Waals surface area contributed by atoms with E-state index in [1.807, 2.05) is 26.0 Å². The van der Waals surface area contributed by atoms with Crippen molar-refractivity contribution in [2.75, 3.05) is 5.32 Å². The first-order valence-corrected chi connectivity index (χ1v) is 8.41. The number of hydrogen-bond donors (Lipinski definition) is 2. The number of aliphatic imine (C=N–C) groups is 1. The summed E-state index contributed by atoms with van der Waals surface area (Å²) in [6.45, 7) is 4.04. The van der Waals surface area contributed by atoms with E-state index in [1.165, 1.54) is 24.5 Å². The number of anilines is 1. The number of amidine groups is 1. The van der Waals surface area contributed by atoms with Crippen molar-refractivity contribution in [3.8, 4) is 0 Å². The van der Waals surface area contributed by atoms with Gasteiger partial charge in [0.15, 0.2) is 0 Å².